The van der Waals surface area contributed by atoms with Gasteiger partial charge in [0.15, 0.2) is 9.84 Å². The van der Waals surface area contributed by atoms with E-state index in [1.54, 1.807) is 36.5 Å². The monoisotopic (exact) mass is 584 g/mol. The van der Waals surface area contributed by atoms with E-state index >= 15 is 0 Å². The third kappa shape index (κ3) is 6.95. The molecule has 0 spiro atoms. The van der Waals surface area contributed by atoms with Gasteiger partial charge in [0.2, 0.25) is 5.95 Å². The molecule has 14 heteroatoms. The first-order valence-corrected chi connectivity index (χ1v) is 14.8. The zero-order valence-electron chi connectivity index (χ0n) is 22.4. The lowest BCUT2D eigenvalue weighted by molar-refractivity contribution is 0.0196. The van der Waals surface area contributed by atoms with Crippen LogP contribution in [0.1, 0.15) is 39.2 Å². The summed E-state index contributed by atoms with van der Waals surface area (Å²) in [6.07, 6.45) is 8.14. The Hall–Kier alpha value is -4.17. The van der Waals surface area contributed by atoms with E-state index in [1.807, 2.05) is 6.92 Å². The van der Waals surface area contributed by atoms with Gasteiger partial charge in [-0.3, -0.25) is 0 Å². The Bertz CT molecular complexity index is 1640. The first kappa shape index (κ1) is 28.4. The van der Waals surface area contributed by atoms with Crippen molar-refractivity contribution in [2.75, 3.05) is 22.2 Å². The summed E-state index contributed by atoms with van der Waals surface area (Å²) in [6, 6.07) is 11.4. The molecule has 0 radical (unpaired) electrons. The lowest BCUT2D eigenvalue weighted by Gasteiger charge is -2.34. The lowest BCUT2D eigenvalue weighted by Crippen LogP contribution is -2.35. The van der Waals surface area contributed by atoms with Crippen LogP contribution in [0, 0.1) is 0 Å². The molecule has 0 aliphatic heterocycles. The number of alkyl halides is 2. The second kappa shape index (κ2) is 11.4. The van der Waals surface area contributed by atoms with Gasteiger partial charge in [-0.1, -0.05) is 12.1 Å². The number of halogens is 2. The van der Waals surface area contributed by atoms with Crippen molar-refractivity contribution in [3.8, 4) is 11.3 Å². The van der Waals surface area contributed by atoms with E-state index < -0.39 is 22.0 Å². The topological polar surface area (TPSA) is 147 Å². The molecule has 0 atom stereocenters. The van der Waals surface area contributed by atoms with Gasteiger partial charge in [-0.25, -0.2) is 23.1 Å². The number of nitrogens with zero attached hydrogens (tertiary/aromatic N) is 5. The Balaban J connectivity index is 1.41. The standard InChI is InChI=1S/C27H30F2N8O3S/c1-27(38)11-7-17(8-12-27)32-21-15-24(31-16-18(21)19-10-14-37(36-19)25(28)29)34-23-9-13-30-26(35-23)33-20-5-3-4-6-22(20)41(2,39)40/h3-6,9-10,13-17,25,38H,7-8,11-12H2,1-2H3,(H3,30,31,32,33,34,35). The molecule has 0 amide bonds. The molecule has 0 bridgehead atoms. The van der Waals surface area contributed by atoms with Gasteiger partial charge < -0.3 is 21.1 Å². The fourth-order valence-corrected chi connectivity index (χ4v) is 5.52. The van der Waals surface area contributed by atoms with Crippen molar-refractivity contribution in [3.05, 3.63) is 61.1 Å². The maximum absolute atomic E-state index is 13.2. The number of aliphatic hydroxyl groups is 1. The van der Waals surface area contributed by atoms with Crippen molar-refractivity contribution in [2.45, 2.75) is 55.7 Å². The number of rotatable bonds is 9. The van der Waals surface area contributed by atoms with Crippen molar-refractivity contribution in [3.63, 3.8) is 0 Å². The molecular formula is C27H30F2N8O3S. The first-order valence-electron chi connectivity index (χ1n) is 13.0. The van der Waals surface area contributed by atoms with Gasteiger partial charge in [-0.05, 0) is 56.9 Å². The molecular weight excluding hydrogens is 554 g/mol. The van der Waals surface area contributed by atoms with Crippen LogP contribution in [0.2, 0.25) is 0 Å². The minimum absolute atomic E-state index is 0.0613. The number of nitrogens with one attached hydrogen (secondary N) is 3. The third-order valence-corrected chi connectivity index (χ3v) is 8.01. The van der Waals surface area contributed by atoms with E-state index in [1.165, 1.54) is 24.5 Å². The third-order valence-electron chi connectivity index (χ3n) is 6.86. The van der Waals surface area contributed by atoms with Gasteiger partial charge in [0.25, 0.3) is 0 Å². The highest BCUT2D eigenvalue weighted by Gasteiger charge is 2.29. The molecule has 4 N–H and O–H groups in total. The largest absolute Gasteiger partial charge is 0.390 e. The number of aromatic nitrogens is 5. The van der Waals surface area contributed by atoms with E-state index in [-0.39, 0.29) is 16.9 Å². The number of sulfone groups is 1. The van der Waals surface area contributed by atoms with Crippen LogP contribution in [0.3, 0.4) is 0 Å². The number of hydrogen-bond acceptors (Lipinski definition) is 10. The summed E-state index contributed by atoms with van der Waals surface area (Å²) in [5.41, 5.74) is 1.17. The zero-order chi connectivity index (χ0) is 29.2. The van der Waals surface area contributed by atoms with Crippen LogP contribution in [-0.2, 0) is 9.84 Å². The van der Waals surface area contributed by atoms with Crippen LogP contribution in [-0.4, -0.2) is 56.2 Å². The quantitative estimate of drug-likeness (QED) is 0.209. The predicted octanol–water partition coefficient (Wildman–Crippen LogP) is 5.13. The summed E-state index contributed by atoms with van der Waals surface area (Å²) in [4.78, 5) is 13.2. The van der Waals surface area contributed by atoms with Crippen LogP contribution in [0.5, 0.6) is 0 Å². The van der Waals surface area contributed by atoms with Crippen molar-refractivity contribution in [1.82, 2.24) is 24.7 Å². The number of para-hydroxylation sites is 1. The molecule has 0 unspecified atom stereocenters. The predicted molar refractivity (Wildman–Crippen MR) is 151 cm³/mol. The lowest BCUT2D eigenvalue weighted by atomic mass is 9.83. The van der Waals surface area contributed by atoms with Crippen molar-refractivity contribution < 1.29 is 22.3 Å². The van der Waals surface area contributed by atoms with E-state index in [9.17, 15) is 22.3 Å². The minimum Gasteiger partial charge on any atom is -0.390 e. The molecule has 1 aliphatic carbocycles. The molecule has 3 aromatic heterocycles. The summed E-state index contributed by atoms with van der Waals surface area (Å²) in [5.74, 6) is 0.989. The molecule has 3 heterocycles. The Kier molecular flexibility index (Phi) is 7.87. The number of hydrogen-bond donors (Lipinski definition) is 4. The number of pyridine rings is 1. The van der Waals surface area contributed by atoms with Gasteiger partial charge >= 0.3 is 6.55 Å². The average Bonchev–Trinajstić information content (AvgIpc) is 3.41. The number of benzene rings is 1. The second-order valence-corrected chi connectivity index (χ2v) is 12.3. The Labute approximate surface area is 236 Å². The van der Waals surface area contributed by atoms with Gasteiger partial charge in [-0.2, -0.15) is 18.9 Å². The zero-order valence-corrected chi connectivity index (χ0v) is 23.2. The van der Waals surface area contributed by atoms with E-state index in [4.69, 9.17) is 0 Å². The highest BCUT2D eigenvalue weighted by Crippen LogP contribution is 2.34. The van der Waals surface area contributed by atoms with Crippen LogP contribution in [0.15, 0.2) is 66.0 Å². The fourth-order valence-electron chi connectivity index (χ4n) is 4.68. The molecule has 1 aromatic carbocycles. The molecule has 11 nitrogen and oxygen atoms in total. The maximum Gasteiger partial charge on any atom is 0.333 e. The molecule has 1 saturated carbocycles. The Morgan fingerprint density at radius 2 is 1.80 bits per heavy atom. The molecule has 1 fully saturated rings. The first-order chi connectivity index (χ1) is 19.5. The van der Waals surface area contributed by atoms with E-state index in [0.29, 0.717) is 51.8 Å². The van der Waals surface area contributed by atoms with Gasteiger partial charge in [0.05, 0.1) is 21.9 Å². The van der Waals surface area contributed by atoms with Gasteiger partial charge in [0, 0.05) is 48.2 Å². The van der Waals surface area contributed by atoms with Crippen LogP contribution in [0.4, 0.5) is 37.7 Å². The van der Waals surface area contributed by atoms with Crippen molar-refractivity contribution >= 4 is 38.8 Å². The van der Waals surface area contributed by atoms with Crippen molar-refractivity contribution in [1.29, 1.82) is 0 Å². The Morgan fingerprint density at radius 1 is 1.05 bits per heavy atom. The van der Waals surface area contributed by atoms with Crippen molar-refractivity contribution in [2.24, 2.45) is 0 Å². The van der Waals surface area contributed by atoms with E-state index in [2.05, 4.69) is 36.0 Å². The minimum atomic E-state index is -3.48. The molecule has 5 rings (SSSR count). The normalized spacial score (nSPS) is 19.2. The van der Waals surface area contributed by atoms with Crippen LogP contribution < -0.4 is 16.0 Å². The molecule has 1 aliphatic rings. The summed E-state index contributed by atoms with van der Waals surface area (Å²) >= 11 is 0. The maximum atomic E-state index is 13.2. The summed E-state index contributed by atoms with van der Waals surface area (Å²) < 4.78 is 51.3. The Morgan fingerprint density at radius 3 is 2.51 bits per heavy atom. The second-order valence-electron chi connectivity index (χ2n) is 10.3. The summed E-state index contributed by atoms with van der Waals surface area (Å²) in [7, 11) is -3.48. The summed E-state index contributed by atoms with van der Waals surface area (Å²) in [5, 5.41) is 23.9. The SMILES string of the molecule is CC1(O)CCC(Nc2cc(Nc3ccnc(Nc4ccccc4S(C)(=O)=O)n3)ncc2-c2ccn(C(F)F)n2)CC1. The smallest absolute Gasteiger partial charge is 0.333 e. The fraction of sp³-hybridized carbons (Fsp3) is 0.333. The average molecular weight is 585 g/mol. The van der Waals surface area contributed by atoms with Gasteiger partial charge in [0.1, 0.15) is 11.6 Å². The molecule has 216 valence electrons. The van der Waals surface area contributed by atoms with Crippen LogP contribution >= 0.6 is 0 Å². The van der Waals surface area contributed by atoms with Crippen LogP contribution in [0.25, 0.3) is 11.3 Å². The van der Waals surface area contributed by atoms with Gasteiger partial charge in [-0.15, -0.1) is 0 Å². The highest BCUT2D eigenvalue weighted by atomic mass is 32.2. The van der Waals surface area contributed by atoms with E-state index in [0.717, 1.165) is 19.1 Å². The molecule has 4 aromatic rings. The summed E-state index contributed by atoms with van der Waals surface area (Å²) in [6.45, 7) is -0.940. The molecule has 41 heavy (non-hydrogen) atoms. The number of anilines is 5. The molecule has 0 saturated heterocycles. The highest BCUT2D eigenvalue weighted by molar-refractivity contribution is 7.90.